The van der Waals surface area contributed by atoms with Crippen LogP contribution in [0.2, 0.25) is 0 Å². The predicted molar refractivity (Wildman–Crippen MR) is 71.8 cm³/mol. The number of nitrogens with two attached hydrogens (primary N) is 2. The zero-order valence-electron chi connectivity index (χ0n) is 10.9. The highest BCUT2D eigenvalue weighted by atomic mass is 16.1. The molecule has 0 atom stereocenters. The molecule has 0 fully saturated rings. The number of hydrogen-bond donors (Lipinski definition) is 2. The average Bonchev–Trinajstić information content (AvgIpc) is 2.36. The minimum Gasteiger partial charge on any atom is -0.330 e. The van der Waals surface area contributed by atoms with Gasteiger partial charge in [0.25, 0.3) is 0 Å². The van der Waals surface area contributed by atoms with E-state index in [1.807, 2.05) is 0 Å². The lowest BCUT2D eigenvalue weighted by Gasteiger charge is -1.96. The molecule has 0 aromatic rings. The summed E-state index contributed by atoms with van der Waals surface area (Å²) in [6.45, 7) is 1.67. The summed E-state index contributed by atoms with van der Waals surface area (Å²) in [5.74, 6) is 0. The Labute approximate surface area is 105 Å². The summed E-state index contributed by atoms with van der Waals surface area (Å²) in [6.07, 6.45) is 10.8. The highest BCUT2D eigenvalue weighted by Gasteiger charge is 1.86. The number of hydrogen-bond acceptors (Lipinski definition) is 4. The third-order valence-electron chi connectivity index (χ3n) is 2.30. The Morgan fingerprint density at radius 1 is 0.588 bits per heavy atom. The van der Waals surface area contributed by atoms with E-state index < -0.39 is 0 Å². The summed E-state index contributed by atoms with van der Waals surface area (Å²) in [5.41, 5.74) is 10.6. The zero-order chi connectivity index (χ0) is 13.2. The molecular formula is C13H28N2O2. The molecule has 0 saturated carbocycles. The van der Waals surface area contributed by atoms with Gasteiger partial charge in [-0.25, -0.2) is 0 Å². The van der Waals surface area contributed by atoms with Crippen LogP contribution < -0.4 is 11.5 Å². The van der Waals surface area contributed by atoms with Crippen molar-refractivity contribution in [3.05, 3.63) is 0 Å². The molecule has 0 aromatic carbocycles. The number of carbonyl (C=O) groups is 2. The van der Waals surface area contributed by atoms with Crippen molar-refractivity contribution in [3.8, 4) is 0 Å². The maximum Gasteiger partial charge on any atom is 0.119 e. The molecule has 0 spiro atoms. The van der Waals surface area contributed by atoms with E-state index in [0.29, 0.717) is 12.8 Å². The minimum absolute atomic E-state index is 0.591. The summed E-state index contributed by atoms with van der Waals surface area (Å²) < 4.78 is 0. The SMILES string of the molecule is NCCCCCCCN.O=CCCCCC=O. The summed E-state index contributed by atoms with van der Waals surface area (Å²) >= 11 is 0. The largest absolute Gasteiger partial charge is 0.330 e. The van der Waals surface area contributed by atoms with Crippen LogP contribution in [0.15, 0.2) is 0 Å². The van der Waals surface area contributed by atoms with Crippen molar-refractivity contribution in [1.82, 2.24) is 0 Å². The molecule has 0 amide bonds. The molecule has 0 rings (SSSR count). The fraction of sp³-hybridized carbons (Fsp3) is 0.846. The molecule has 4 nitrogen and oxygen atoms in total. The van der Waals surface area contributed by atoms with Gasteiger partial charge in [-0.3, -0.25) is 0 Å². The predicted octanol–water partition coefficient (Wildman–Crippen LogP) is 1.80. The first-order valence-corrected chi connectivity index (χ1v) is 6.60. The molecule has 4 heteroatoms. The normalized spacial score (nSPS) is 9.29. The molecule has 0 unspecified atom stereocenters. The van der Waals surface area contributed by atoms with E-state index >= 15 is 0 Å². The van der Waals surface area contributed by atoms with Crippen LogP contribution in [-0.2, 0) is 9.59 Å². The van der Waals surface area contributed by atoms with Crippen molar-refractivity contribution in [2.45, 2.75) is 57.8 Å². The lowest BCUT2D eigenvalue weighted by molar-refractivity contribution is -0.109. The standard InChI is InChI=1S/C7H18N2.C6H10O2/c8-6-4-2-1-3-5-7-9;7-5-3-1-2-4-6-8/h1-9H2;5-6H,1-4H2. The average molecular weight is 244 g/mol. The quantitative estimate of drug-likeness (QED) is 0.428. The van der Waals surface area contributed by atoms with E-state index in [2.05, 4.69) is 0 Å². The van der Waals surface area contributed by atoms with Crippen LogP contribution in [0.3, 0.4) is 0 Å². The van der Waals surface area contributed by atoms with Crippen LogP contribution in [0.1, 0.15) is 57.8 Å². The highest BCUT2D eigenvalue weighted by Crippen LogP contribution is 2.00. The molecule has 0 aliphatic heterocycles. The van der Waals surface area contributed by atoms with Crippen LogP contribution >= 0.6 is 0 Å². The van der Waals surface area contributed by atoms with Crippen LogP contribution in [0, 0.1) is 0 Å². The van der Waals surface area contributed by atoms with Gasteiger partial charge in [0.05, 0.1) is 0 Å². The molecule has 0 heterocycles. The summed E-state index contributed by atoms with van der Waals surface area (Å²) in [4.78, 5) is 19.4. The van der Waals surface area contributed by atoms with Crippen molar-refractivity contribution in [1.29, 1.82) is 0 Å². The molecule has 102 valence electrons. The molecule has 4 N–H and O–H groups in total. The Morgan fingerprint density at radius 3 is 1.24 bits per heavy atom. The van der Waals surface area contributed by atoms with Gasteiger partial charge in [0.1, 0.15) is 12.6 Å². The second-order valence-electron chi connectivity index (χ2n) is 3.96. The van der Waals surface area contributed by atoms with E-state index in [9.17, 15) is 9.59 Å². The van der Waals surface area contributed by atoms with E-state index in [0.717, 1.165) is 38.5 Å². The summed E-state index contributed by atoms with van der Waals surface area (Å²) in [5, 5.41) is 0. The van der Waals surface area contributed by atoms with Gasteiger partial charge >= 0.3 is 0 Å². The van der Waals surface area contributed by atoms with E-state index in [4.69, 9.17) is 11.5 Å². The van der Waals surface area contributed by atoms with E-state index in [1.165, 1.54) is 32.1 Å². The molecule has 0 saturated heterocycles. The first-order chi connectivity index (χ1) is 8.33. The van der Waals surface area contributed by atoms with Gasteiger partial charge in [0.2, 0.25) is 0 Å². The topological polar surface area (TPSA) is 86.2 Å². The highest BCUT2D eigenvalue weighted by molar-refractivity contribution is 5.50. The first-order valence-electron chi connectivity index (χ1n) is 6.60. The van der Waals surface area contributed by atoms with Crippen molar-refractivity contribution in [2.24, 2.45) is 11.5 Å². The van der Waals surface area contributed by atoms with E-state index in [1.54, 1.807) is 0 Å². The van der Waals surface area contributed by atoms with Gasteiger partial charge in [-0.2, -0.15) is 0 Å². The maximum absolute atomic E-state index is 9.68. The molecule has 0 aliphatic rings. The third kappa shape index (κ3) is 25.5. The van der Waals surface area contributed by atoms with Crippen LogP contribution in [0.25, 0.3) is 0 Å². The monoisotopic (exact) mass is 244 g/mol. The van der Waals surface area contributed by atoms with Crippen LogP contribution in [0.4, 0.5) is 0 Å². The first kappa shape index (κ1) is 18.6. The Morgan fingerprint density at radius 2 is 0.941 bits per heavy atom. The van der Waals surface area contributed by atoms with Crippen molar-refractivity contribution in [3.63, 3.8) is 0 Å². The smallest absolute Gasteiger partial charge is 0.119 e. The Bertz CT molecular complexity index is 136. The Kier molecular flexibility index (Phi) is 22.6. The number of unbranched alkanes of at least 4 members (excludes halogenated alkanes) is 7. The van der Waals surface area contributed by atoms with Gasteiger partial charge in [-0.1, -0.05) is 19.3 Å². The van der Waals surface area contributed by atoms with Gasteiger partial charge < -0.3 is 21.1 Å². The lowest BCUT2D eigenvalue weighted by atomic mass is 10.1. The lowest BCUT2D eigenvalue weighted by Crippen LogP contribution is -1.99. The summed E-state index contributed by atoms with van der Waals surface area (Å²) in [6, 6.07) is 0. The van der Waals surface area contributed by atoms with Crippen LogP contribution in [0.5, 0.6) is 0 Å². The van der Waals surface area contributed by atoms with Gasteiger partial charge in [0.15, 0.2) is 0 Å². The molecule has 17 heavy (non-hydrogen) atoms. The van der Waals surface area contributed by atoms with E-state index in [-0.39, 0.29) is 0 Å². The van der Waals surface area contributed by atoms with Crippen molar-refractivity contribution < 1.29 is 9.59 Å². The second-order valence-corrected chi connectivity index (χ2v) is 3.96. The Balaban J connectivity index is 0. The number of rotatable bonds is 11. The fourth-order valence-corrected chi connectivity index (χ4v) is 1.27. The van der Waals surface area contributed by atoms with Crippen molar-refractivity contribution in [2.75, 3.05) is 13.1 Å². The maximum atomic E-state index is 9.68. The zero-order valence-corrected chi connectivity index (χ0v) is 10.9. The van der Waals surface area contributed by atoms with Crippen molar-refractivity contribution >= 4 is 12.6 Å². The molecule has 0 aliphatic carbocycles. The molecule has 0 aromatic heterocycles. The Hall–Kier alpha value is -0.740. The molecular weight excluding hydrogens is 216 g/mol. The number of carbonyl (C=O) groups excluding carboxylic acids is 2. The molecule has 0 bridgehead atoms. The summed E-state index contributed by atoms with van der Waals surface area (Å²) in [7, 11) is 0. The van der Waals surface area contributed by atoms with Gasteiger partial charge in [0, 0.05) is 12.8 Å². The fourth-order valence-electron chi connectivity index (χ4n) is 1.27. The van der Waals surface area contributed by atoms with Crippen LogP contribution in [-0.4, -0.2) is 25.7 Å². The van der Waals surface area contributed by atoms with Gasteiger partial charge in [-0.15, -0.1) is 0 Å². The third-order valence-corrected chi connectivity index (χ3v) is 2.30. The molecule has 0 radical (unpaired) electrons. The minimum atomic E-state index is 0.591. The number of aldehydes is 2. The van der Waals surface area contributed by atoms with Gasteiger partial charge in [-0.05, 0) is 38.8 Å². The second kappa shape index (κ2) is 20.6.